The standard InChI is InChI=1S/C26H32N4O2/c27-25-23(26(31)32)28-21-3-1-2-4-22(21)30(25)20-12-18-5-6-19(13-20)29(18)24-16-8-14-7-15(10-16)11-17(24)9-14/h1-4,14-20,24,27H,5-13H2,(H,31,32)/t14?,15?,16?,17?,18-,19+,20?,24?. The van der Waals surface area contributed by atoms with Crippen LogP contribution < -0.4 is 5.49 Å². The molecule has 0 radical (unpaired) electrons. The molecule has 2 aromatic rings. The molecule has 168 valence electrons. The molecular weight excluding hydrogens is 400 g/mol. The topological polar surface area (TPSA) is 82.2 Å². The Morgan fingerprint density at radius 2 is 1.53 bits per heavy atom. The maximum Gasteiger partial charge on any atom is 0.358 e. The zero-order chi connectivity index (χ0) is 21.6. The highest BCUT2D eigenvalue weighted by Gasteiger charge is 2.55. The number of fused-ring (bicyclic) bond motifs is 4. The molecule has 1 aromatic carbocycles. The molecule has 4 aliphatic carbocycles. The van der Waals surface area contributed by atoms with Crippen LogP contribution in [0, 0.1) is 29.1 Å². The van der Waals surface area contributed by atoms with Gasteiger partial charge in [-0.15, -0.1) is 0 Å². The van der Waals surface area contributed by atoms with Crippen molar-refractivity contribution < 1.29 is 9.90 Å². The van der Waals surface area contributed by atoms with Crippen molar-refractivity contribution in [2.45, 2.75) is 82.0 Å². The molecule has 6 fully saturated rings. The number of aromatic nitrogens is 2. The van der Waals surface area contributed by atoms with Gasteiger partial charge in [-0.1, -0.05) is 12.1 Å². The first-order valence-electron chi connectivity index (χ1n) is 12.6. The molecule has 0 amide bonds. The lowest BCUT2D eigenvalue weighted by Crippen LogP contribution is -2.60. The van der Waals surface area contributed by atoms with Crippen LogP contribution in [0.1, 0.15) is 74.3 Å². The number of para-hydroxylation sites is 2. The predicted octanol–water partition coefficient (Wildman–Crippen LogP) is 4.21. The third-order valence-electron chi connectivity index (χ3n) is 9.69. The Balaban J connectivity index is 1.24. The van der Waals surface area contributed by atoms with Crippen LogP contribution in [-0.2, 0) is 0 Å². The number of hydrogen-bond acceptors (Lipinski definition) is 4. The lowest BCUT2D eigenvalue weighted by atomic mass is 9.53. The van der Waals surface area contributed by atoms with Crippen LogP contribution in [0.15, 0.2) is 24.3 Å². The van der Waals surface area contributed by atoms with Crippen molar-refractivity contribution in [2.75, 3.05) is 0 Å². The van der Waals surface area contributed by atoms with E-state index in [1.54, 1.807) is 0 Å². The van der Waals surface area contributed by atoms with Crippen LogP contribution in [0.2, 0.25) is 0 Å². The van der Waals surface area contributed by atoms with Crippen molar-refractivity contribution in [3.63, 3.8) is 0 Å². The molecule has 3 atom stereocenters. The largest absolute Gasteiger partial charge is 0.476 e. The van der Waals surface area contributed by atoms with Gasteiger partial charge in [0.05, 0.1) is 11.0 Å². The van der Waals surface area contributed by atoms with Crippen LogP contribution in [0.3, 0.4) is 0 Å². The molecule has 6 aliphatic rings. The van der Waals surface area contributed by atoms with Gasteiger partial charge < -0.3 is 9.67 Å². The lowest BCUT2D eigenvalue weighted by molar-refractivity contribution is -0.0938. The highest BCUT2D eigenvalue weighted by molar-refractivity contribution is 5.87. The van der Waals surface area contributed by atoms with Gasteiger partial charge in [0, 0.05) is 24.2 Å². The maximum absolute atomic E-state index is 11.8. The Kier molecular flexibility index (Phi) is 4.15. The first kappa shape index (κ1) is 19.3. The minimum atomic E-state index is -1.11. The molecule has 6 heteroatoms. The summed E-state index contributed by atoms with van der Waals surface area (Å²) in [6.45, 7) is 0. The Hall–Kier alpha value is -2.21. The Morgan fingerprint density at radius 3 is 2.16 bits per heavy atom. The van der Waals surface area contributed by atoms with E-state index in [4.69, 9.17) is 5.41 Å². The van der Waals surface area contributed by atoms with E-state index in [0.29, 0.717) is 17.6 Å². The Labute approximate surface area is 188 Å². The number of benzene rings is 1. The SMILES string of the molecule is N=c1c(C(=O)O)nc2ccccc2n1C1C[C@H]2CC[C@@H](C1)N2C1C2CC3CC(C2)CC1C3. The number of piperidine rings is 1. The maximum atomic E-state index is 11.8. The van der Waals surface area contributed by atoms with Gasteiger partial charge in [0.1, 0.15) is 0 Å². The second-order valence-electron chi connectivity index (χ2n) is 11.4. The summed E-state index contributed by atoms with van der Waals surface area (Å²) in [5.74, 6) is 2.71. The minimum Gasteiger partial charge on any atom is -0.476 e. The summed E-state index contributed by atoms with van der Waals surface area (Å²) in [6.07, 6.45) is 11.9. The summed E-state index contributed by atoms with van der Waals surface area (Å²) < 4.78 is 2.01. The number of carboxylic acids is 1. The fourth-order valence-electron chi connectivity index (χ4n) is 8.96. The normalized spacial score (nSPS) is 40.2. The number of carbonyl (C=O) groups is 1. The third kappa shape index (κ3) is 2.71. The summed E-state index contributed by atoms with van der Waals surface area (Å²) in [5, 5.41) is 18.4. The van der Waals surface area contributed by atoms with Crippen molar-refractivity contribution in [3.8, 4) is 0 Å². The van der Waals surface area contributed by atoms with Crippen molar-refractivity contribution in [1.82, 2.24) is 14.5 Å². The Morgan fingerprint density at radius 1 is 0.906 bits per heavy atom. The zero-order valence-electron chi connectivity index (χ0n) is 18.5. The molecule has 3 heterocycles. The number of rotatable bonds is 3. The van der Waals surface area contributed by atoms with E-state index in [1.165, 1.54) is 44.9 Å². The second kappa shape index (κ2) is 6.89. The molecule has 32 heavy (non-hydrogen) atoms. The fourth-order valence-corrected chi connectivity index (χ4v) is 8.96. The molecule has 2 aliphatic heterocycles. The van der Waals surface area contributed by atoms with Crippen LogP contribution in [-0.4, -0.2) is 43.7 Å². The molecule has 0 spiro atoms. The molecule has 6 nitrogen and oxygen atoms in total. The molecule has 1 unspecified atom stereocenters. The van der Waals surface area contributed by atoms with Crippen molar-refractivity contribution in [3.05, 3.63) is 35.4 Å². The van der Waals surface area contributed by atoms with Crippen molar-refractivity contribution in [1.29, 1.82) is 5.41 Å². The van der Waals surface area contributed by atoms with Gasteiger partial charge in [0.15, 0.2) is 11.2 Å². The van der Waals surface area contributed by atoms with Gasteiger partial charge in [0.2, 0.25) is 0 Å². The van der Waals surface area contributed by atoms with Crippen molar-refractivity contribution in [2.24, 2.45) is 23.7 Å². The highest BCUT2D eigenvalue weighted by atomic mass is 16.4. The Bertz CT molecular complexity index is 1110. The first-order valence-corrected chi connectivity index (χ1v) is 12.6. The van der Waals surface area contributed by atoms with Crippen LogP contribution in [0.25, 0.3) is 11.0 Å². The van der Waals surface area contributed by atoms with Gasteiger partial charge in [-0.2, -0.15) is 0 Å². The van der Waals surface area contributed by atoms with E-state index in [-0.39, 0.29) is 17.2 Å². The summed E-state index contributed by atoms with van der Waals surface area (Å²) in [5.41, 5.74) is 1.51. The first-order chi connectivity index (χ1) is 15.6. The average molecular weight is 433 g/mol. The highest BCUT2D eigenvalue weighted by Crippen LogP contribution is 2.57. The molecule has 1 aromatic heterocycles. The average Bonchev–Trinajstić information content (AvgIpc) is 3.01. The minimum absolute atomic E-state index is 0.0590. The van der Waals surface area contributed by atoms with E-state index in [1.807, 2.05) is 28.8 Å². The second-order valence-corrected chi connectivity index (χ2v) is 11.4. The van der Waals surface area contributed by atoms with E-state index >= 15 is 0 Å². The molecule has 2 saturated heterocycles. The third-order valence-corrected chi connectivity index (χ3v) is 9.69. The number of nitrogens with zero attached hydrogens (tertiary/aromatic N) is 3. The van der Waals surface area contributed by atoms with Crippen LogP contribution >= 0.6 is 0 Å². The van der Waals surface area contributed by atoms with Crippen molar-refractivity contribution >= 4 is 17.0 Å². The molecule has 6 bridgehead atoms. The van der Waals surface area contributed by atoms with Gasteiger partial charge >= 0.3 is 5.97 Å². The van der Waals surface area contributed by atoms with Gasteiger partial charge in [-0.05, 0) is 93.6 Å². The van der Waals surface area contributed by atoms with Gasteiger partial charge in [-0.25, -0.2) is 9.78 Å². The molecule has 4 saturated carbocycles. The fraction of sp³-hybridized carbons (Fsp3) is 0.654. The summed E-state index contributed by atoms with van der Waals surface area (Å²) >= 11 is 0. The molecular formula is C26H32N4O2. The van der Waals surface area contributed by atoms with E-state index < -0.39 is 5.97 Å². The van der Waals surface area contributed by atoms with E-state index in [2.05, 4.69) is 9.88 Å². The summed E-state index contributed by atoms with van der Waals surface area (Å²) in [4.78, 5) is 19.1. The lowest BCUT2D eigenvalue weighted by Gasteiger charge is -2.59. The van der Waals surface area contributed by atoms with Crippen LogP contribution in [0.5, 0.6) is 0 Å². The number of nitrogens with one attached hydrogen (secondary N) is 1. The van der Waals surface area contributed by atoms with Gasteiger partial charge in [-0.3, -0.25) is 10.3 Å². The number of aromatic carboxylic acids is 1. The zero-order valence-corrected chi connectivity index (χ0v) is 18.5. The summed E-state index contributed by atoms with van der Waals surface area (Å²) in [7, 11) is 0. The summed E-state index contributed by atoms with van der Waals surface area (Å²) in [6, 6.07) is 9.85. The monoisotopic (exact) mass is 432 g/mol. The number of carboxylic acid groups (broad SMARTS) is 1. The molecule has 2 N–H and O–H groups in total. The van der Waals surface area contributed by atoms with E-state index in [9.17, 15) is 9.90 Å². The quantitative estimate of drug-likeness (QED) is 0.761. The van der Waals surface area contributed by atoms with Crippen LogP contribution in [0.4, 0.5) is 0 Å². The van der Waals surface area contributed by atoms with Gasteiger partial charge in [0.25, 0.3) is 0 Å². The smallest absolute Gasteiger partial charge is 0.358 e. The van der Waals surface area contributed by atoms with E-state index in [0.717, 1.165) is 48.1 Å². The predicted molar refractivity (Wildman–Crippen MR) is 120 cm³/mol. The number of hydrogen-bond donors (Lipinski definition) is 2. The molecule has 8 rings (SSSR count).